The summed E-state index contributed by atoms with van der Waals surface area (Å²) in [4.78, 5) is 12.9. The predicted molar refractivity (Wildman–Crippen MR) is 69.9 cm³/mol. The minimum absolute atomic E-state index is 0.755. The second-order valence-corrected chi connectivity index (χ2v) is 3.85. The van der Waals surface area contributed by atoms with E-state index in [9.17, 15) is 0 Å². The molecule has 6 heteroatoms. The molecule has 0 aliphatic heterocycles. The van der Waals surface area contributed by atoms with Crippen LogP contribution < -0.4 is 5.32 Å². The van der Waals surface area contributed by atoms with E-state index in [4.69, 9.17) is 0 Å². The average molecular weight is 246 g/mol. The van der Waals surface area contributed by atoms with Gasteiger partial charge in [0.15, 0.2) is 11.6 Å². The van der Waals surface area contributed by atoms with Gasteiger partial charge < -0.3 is 5.32 Å². The Bertz CT molecular complexity index is 519. The first-order chi connectivity index (χ1) is 8.78. The third-order valence-electron chi connectivity index (χ3n) is 2.58. The van der Waals surface area contributed by atoms with Crippen LogP contribution in [-0.2, 0) is 12.8 Å². The van der Waals surface area contributed by atoms with Crippen molar-refractivity contribution in [3.63, 3.8) is 0 Å². The number of hydrogen-bond donors (Lipinski definition) is 1. The predicted octanol–water partition coefficient (Wildman–Crippen LogP) is 1.61. The maximum Gasteiger partial charge on any atom is 0.161 e. The van der Waals surface area contributed by atoms with Gasteiger partial charge in [-0.3, -0.25) is 0 Å². The van der Waals surface area contributed by atoms with Gasteiger partial charge in [0.1, 0.15) is 18.0 Å². The molecule has 0 unspecified atom stereocenters. The molecule has 0 saturated heterocycles. The van der Waals surface area contributed by atoms with Gasteiger partial charge in [0.05, 0.1) is 0 Å². The Balaban J connectivity index is 2.40. The molecule has 0 fully saturated rings. The van der Waals surface area contributed by atoms with Crippen LogP contribution >= 0.6 is 0 Å². The standard InChI is InChI=1S/C12H18N6/c1-4-9-16-11(5-2)18(17-9)12-7-10(13-6-3)14-8-15-12/h7-8H,4-6H2,1-3H3,(H,13,14,15). The molecule has 96 valence electrons. The van der Waals surface area contributed by atoms with Gasteiger partial charge in [-0.1, -0.05) is 13.8 Å². The van der Waals surface area contributed by atoms with Crippen LogP contribution in [0.2, 0.25) is 0 Å². The van der Waals surface area contributed by atoms with Crippen LogP contribution in [0, 0.1) is 0 Å². The molecule has 2 rings (SSSR count). The van der Waals surface area contributed by atoms with E-state index in [-0.39, 0.29) is 0 Å². The number of nitrogens with zero attached hydrogens (tertiary/aromatic N) is 5. The lowest BCUT2D eigenvalue weighted by atomic mass is 10.4. The van der Waals surface area contributed by atoms with Crippen molar-refractivity contribution in [1.29, 1.82) is 0 Å². The average Bonchev–Trinajstić information content (AvgIpc) is 2.83. The number of aromatic nitrogens is 5. The lowest BCUT2D eigenvalue weighted by Crippen LogP contribution is -2.07. The summed E-state index contributed by atoms with van der Waals surface area (Å²) < 4.78 is 1.79. The monoisotopic (exact) mass is 246 g/mol. The van der Waals surface area contributed by atoms with Crippen LogP contribution in [0.5, 0.6) is 0 Å². The van der Waals surface area contributed by atoms with Crippen LogP contribution in [0.3, 0.4) is 0 Å². The summed E-state index contributed by atoms with van der Waals surface area (Å²) >= 11 is 0. The Hall–Kier alpha value is -1.98. The van der Waals surface area contributed by atoms with Crippen molar-refractivity contribution >= 4 is 5.82 Å². The molecule has 1 N–H and O–H groups in total. The first kappa shape index (κ1) is 12.5. The summed E-state index contributed by atoms with van der Waals surface area (Å²) in [5.41, 5.74) is 0. The number of rotatable bonds is 5. The van der Waals surface area contributed by atoms with E-state index in [1.165, 1.54) is 0 Å². The molecule has 0 radical (unpaired) electrons. The van der Waals surface area contributed by atoms with Gasteiger partial charge in [-0.25, -0.2) is 15.0 Å². The van der Waals surface area contributed by atoms with Gasteiger partial charge in [0, 0.05) is 25.5 Å². The summed E-state index contributed by atoms with van der Waals surface area (Å²) in [6.07, 6.45) is 3.19. The molecule has 0 aliphatic carbocycles. The van der Waals surface area contributed by atoms with Gasteiger partial charge >= 0.3 is 0 Å². The topological polar surface area (TPSA) is 68.5 Å². The van der Waals surface area contributed by atoms with E-state index < -0.39 is 0 Å². The lowest BCUT2D eigenvalue weighted by Gasteiger charge is -2.05. The third-order valence-corrected chi connectivity index (χ3v) is 2.58. The summed E-state index contributed by atoms with van der Waals surface area (Å²) in [6, 6.07) is 1.89. The number of hydrogen-bond acceptors (Lipinski definition) is 5. The van der Waals surface area contributed by atoms with Gasteiger partial charge in [-0.2, -0.15) is 4.68 Å². The smallest absolute Gasteiger partial charge is 0.161 e. The van der Waals surface area contributed by atoms with E-state index in [1.807, 2.05) is 19.9 Å². The molecule has 18 heavy (non-hydrogen) atoms. The Kier molecular flexibility index (Phi) is 3.86. The Labute approximate surface area is 106 Å². The highest BCUT2D eigenvalue weighted by Crippen LogP contribution is 2.11. The fraction of sp³-hybridized carbons (Fsp3) is 0.500. The Morgan fingerprint density at radius 1 is 1.17 bits per heavy atom. The van der Waals surface area contributed by atoms with Crippen LogP contribution in [-0.4, -0.2) is 31.3 Å². The second kappa shape index (κ2) is 5.57. The highest BCUT2D eigenvalue weighted by molar-refractivity contribution is 5.40. The fourth-order valence-corrected chi connectivity index (χ4v) is 1.69. The maximum atomic E-state index is 4.47. The van der Waals surface area contributed by atoms with Crippen molar-refractivity contribution in [1.82, 2.24) is 24.7 Å². The molecule has 0 atom stereocenters. The third kappa shape index (κ3) is 2.47. The van der Waals surface area contributed by atoms with Crippen molar-refractivity contribution in [3.8, 4) is 5.82 Å². The van der Waals surface area contributed by atoms with E-state index in [2.05, 4.69) is 32.3 Å². The zero-order valence-corrected chi connectivity index (χ0v) is 11.0. The molecule has 0 amide bonds. The summed E-state index contributed by atoms with van der Waals surface area (Å²) in [6.45, 7) is 6.97. The zero-order chi connectivity index (χ0) is 13.0. The van der Waals surface area contributed by atoms with E-state index >= 15 is 0 Å². The highest BCUT2D eigenvalue weighted by atomic mass is 15.4. The Morgan fingerprint density at radius 2 is 2.00 bits per heavy atom. The van der Waals surface area contributed by atoms with Crippen molar-refractivity contribution in [2.45, 2.75) is 33.6 Å². The SMILES string of the molecule is CCNc1cc(-n2nc(CC)nc2CC)ncn1. The molecule has 6 nitrogen and oxygen atoms in total. The number of nitrogens with one attached hydrogen (secondary N) is 1. The lowest BCUT2D eigenvalue weighted by molar-refractivity contribution is 0.765. The molecular formula is C12H18N6. The first-order valence-electron chi connectivity index (χ1n) is 6.29. The minimum atomic E-state index is 0.755. The molecule has 2 aromatic rings. The van der Waals surface area contributed by atoms with Crippen LogP contribution in [0.25, 0.3) is 5.82 Å². The second-order valence-electron chi connectivity index (χ2n) is 3.85. The molecule has 0 aliphatic rings. The summed E-state index contributed by atoms with van der Waals surface area (Å²) in [7, 11) is 0. The maximum absolute atomic E-state index is 4.47. The fourth-order valence-electron chi connectivity index (χ4n) is 1.69. The molecule has 0 aromatic carbocycles. The first-order valence-corrected chi connectivity index (χ1v) is 6.29. The quantitative estimate of drug-likeness (QED) is 0.868. The Morgan fingerprint density at radius 3 is 2.67 bits per heavy atom. The van der Waals surface area contributed by atoms with Crippen molar-refractivity contribution < 1.29 is 0 Å². The van der Waals surface area contributed by atoms with E-state index in [0.29, 0.717) is 0 Å². The van der Waals surface area contributed by atoms with Crippen molar-refractivity contribution in [3.05, 3.63) is 24.0 Å². The van der Waals surface area contributed by atoms with Gasteiger partial charge in [-0.05, 0) is 6.92 Å². The highest BCUT2D eigenvalue weighted by Gasteiger charge is 2.10. The minimum Gasteiger partial charge on any atom is -0.370 e. The molecule has 2 aromatic heterocycles. The molecular weight excluding hydrogens is 228 g/mol. The van der Waals surface area contributed by atoms with Gasteiger partial charge in [0.25, 0.3) is 0 Å². The molecule has 2 heterocycles. The van der Waals surface area contributed by atoms with Crippen molar-refractivity contribution in [2.75, 3.05) is 11.9 Å². The zero-order valence-electron chi connectivity index (χ0n) is 11.0. The molecule has 0 spiro atoms. The largest absolute Gasteiger partial charge is 0.370 e. The molecule has 0 bridgehead atoms. The van der Waals surface area contributed by atoms with Crippen LogP contribution in [0.15, 0.2) is 12.4 Å². The van der Waals surface area contributed by atoms with E-state index in [0.717, 1.165) is 42.7 Å². The van der Waals surface area contributed by atoms with Gasteiger partial charge in [-0.15, -0.1) is 5.10 Å². The van der Waals surface area contributed by atoms with Crippen LogP contribution in [0.4, 0.5) is 5.82 Å². The van der Waals surface area contributed by atoms with Crippen LogP contribution in [0.1, 0.15) is 32.4 Å². The van der Waals surface area contributed by atoms with Crippen molar-refractivity contribution in [2.24, 2.45) is 0 Å². The number of anilines is 1. The van der Waals surface area contributed by atoms with E-state index in [1.54, 1.807) is 11.0 Å². The van der Waals surface area contributed by atoms with Gasteiger partial charge in [0.2, 0.25) is 0 Å². The molecule has 0 saturated carbocycles. The number of aryl methyl sites for hydroxylation is 2. The normalized spacial score (nSPS) is 10.6. The summed E-state index contributed by atoms with van der Waals surface area (Å²) in [5, 5.41) is 7.62. The summed E-state index contributed by atoms with van der Waals surface area (Å²) in [5.74, 6) is 3.33.